The summed E-state index contributed by atoms with van der Waals surface area (Å²) in [6.07, 6.45) is 3.70. The number of carbonyl (C=O) groups excluding carboxylic acids is 1. The number of aliphatic imine (C=N–C) groups is 1. The Balaban J connectivity index is 2.09. The summed E-state index contributed by atoms with van der Waals surface area (Å²) in [6, 6.07) is 8.16. The number of benzene rings is 1. The van der Waals surface area contributed by atoms with E-state index in [4.69, 9.17) is 10.7 Å². The van der Waals surface area contributed by atoms with Gasteiger partial charge in [0.1, 0.15) is 0 Å². The smallest absolute Gasteiger partial charge is 0.248 e. The number of carbonyl (C=O) groups is 1. The fraction of sp³-hybridized carbons (Fsp3) is 0.250. The van der Waals surface area contributed by atoms with Crippen molar-refractivity contribution in [3.8, 4) is 0 Å². The van der Waals surface area contributed by atoms with Crippen LogP contribution >= 0.6 is 0 Å². The number of hydrogen-bond donors (Lipinski definition) is 2. The molecule has 1 aromatic carbocycles. The third-order valence-corrected chi connectivity index (χ3v) is 3.45. The lowest BCUT2D eigenvalue weighted by atomic mass is 9.90. The molecular formula is C16H17N3O. The second-order valence-electron chi connectivity index (χ2n) is 5.36. The highest BCUT2D eigenvalue weighted by Crippen LogP contribution is 2.38. The van der Waals surface area contributed by atoms with Crippen molar-refractivity contribution >= 4 is 22.9 Å². The number of amides is 1. The van der Waals surface area contributed by atoms with Crippen molar-refractivity contribution in [3.63, 3.8) is 0 Å². The van der Waals surface area contributed by atoms with Crippen LogP contribution in [-0.2, 0) is 4.79 Å². The highest BCUT2D eigenvalue weighted by molar-refractivity contribution is 6.33. The number of nitrogens with two attached hydrogens (primary N) is 1. The summed E-state index contributed by atoms with van der Waals surface area (Å²) in [5.74, 6) is -0.406. The molecule has 2 aliphatic rings. The van der Waals surface area contributed by atoms with Gasteiger partial charge in [-0.25, -0.2) is 0 Å². The van der Waals surface area contributed by atoms with Gasteiger partial charge in [-0.3, -0.25) is 9.79 Å². The van der Waals surface area contributed by atoms with E-state index in [1.165, 1.54) is 0 Å². The topological polar surface area (TPSA) is 67.5 Å². The van der Waals surface area contributed by atoms with Gasteiger partial charge in [0.05, 0.1) is 17.4 Å². The maximum atomic E-state index is 11.5. The van der Waals surface area contributed by atoms with Gasteiger partial charge in [-0.05, 0) is 32.1 Å². The number of para-hydroxylation sites is 1. The predicted molar refractivity (Wildman–Crippen MR) is 80.9 cm³/mol. The highest BCUT2D eigenvalue weighted by Gasteiger charge is 2.30. The van der Waals surface area contributed by atoms with E-state index in [-0.39, 0.29) is 12.1 Å². The minimum absolute atomic E-state index is 0.0788. The lowest BCUT2D eigenvalue weighted by Crippen LogP contribution is -2.41. The van der Waals surface area contributed by atoms with E-state index in [1.54, 1.807) is 0 Å². The Bertz CT molecular complexity index is 668. The molecule has 1 aliphatic carbocycles. The van der Waals surface area contributed by atoms with Crippen LogP contribution in [0, 0.1) is 0 Å². The number of primary amides is 1. The molecule has 1 atom stereocenters. The largest absolute Gasteiger partial charge is 0.366 e. The molecule has 20 heavy (non-hydrogen) atoms. The molecule has 1 amide bonds. The standard InChI is InChI=1S/C16H17N3O/c1-9(2)18-14-8-10(16(17)20)7-12-11-5-3-4-6-13(11)19-15(12)14/h3-9,14,18H,1-2H3,(H2,17,20). The number of fused-ring (bicyclic) bond motifs is 3. The summed E-state index contributed by atoms with van der Waals surface area (Å²) in [7, 11) is 0. The fourth-order valence-corrected chi connectivity index (χ4v) is 2.62. The van der Waals surface area contributed by atoms with Crippen molar-refractivity contribution in [2.75, 3.05) is 0 Å². The first-order valence-corrected chi connectivity index (χ1v) is 6.74. The predicted octanol–water partition coefficient (Wildman–Crippen LogP) is 1.95. The van der Waals surface area contributed by atoms with Gasteiger partial charge < -0.3 is 11.1 Å². The molecule has 3 rings (SSSR count). The molecule has 4 nitrogen and oxygen atoms in total. The number of hydrogen-bond acceptors (Lipinski definition) is 3. The molecule has 1 heterocycles. The quantitative estimate of drug-likeness (QED) is 0.879. The number of rotatable bonds is 3. The summed E-state index contributed by atoms with van der Waals surface area (Å²) in [6.45, 7) is 4.14. The van der Waals surface area contributed by atoms with Crippen LogP contribution < -0.4 is 11.1 Å². The van der Waals surface area contributed by atoms with Crippen molar-refractivity contribution in [3.05, 3.63) is 47.6 Å². The molecule has 0 spiro atoms. The summed E-state index contributed by atoms with van der Waals surface area (Å²) in [5, 5.41) is 3.42. The zero-order chi connectivity index (χ0) is 14.3. The van der Waals surface area contributed by atoms with E-state index in [9.17, 15) is 4.79 Å². The molecule has 1 unspecified atom stereocenters. The lowest BCUT2D eigenvalue weighted by Gasteiger charge is -2.23. The van der Waals surface area contributed by atoms with E-state index in [0.29, 0.717) is 5.57 Å². The molecule has 3 N–H and O–H groups in total. The van der Waals surface area contributed by atoms with Crippen LogP contribution in [0.3, 0.4) is 0 Å². The normalized spacial score (nSPS) is 19.9. The van der Waals surface area contributed by atoms with Crippen LogP contribution in [0.5, 0.6) is 0 Å². The SMILES string of the molecule is CC(C)NC1C=C(C(N)=O)C=C2C1=Nc1ccccc12. The zero-order valence-electron chi connectivity index (χ0n) is 11.6. The second-order valence-corrected chi connectivity index (χ2v) is 5.36. The maximum absolute atomic E-state index is 11.5. The monoisotopic (exact) mass is 267 g/mol. The van der Waals surface area contributed by atoms with Crippen LogP contribution in [0.15, 0.2) is 47.0 Å². The molecule has 0 saturated carbocycles. The van der Waals surface area contributed by atoms with Gasteiger partial charge in [0.15, 0.2) is 0 Å². The maximum Gasteiger partial charge on any atom is 0.248 e. The molecule has 1 aromatic rings. The van der Waals surface area contributed by atoms with Gasteiger partial charge in [0.25, 0.3) is 0 Å². The van der Waals surface area contributed by atoms with Crippen LogP contribution in [0.2, 0.25) is 0 Å². The molecule has 0 aromatic heterocycles. The van der Waals surface area contributed by atoms with Gasteiger partial charge in [-0.2, -0.15) is 0 Å². The molecule has 0 bridgehead atoms. The summed E-state index contributed by atoms with van der Waals surface area (Å²) in [4.78, 5) is 16.2. The number of nitrogens with one attached hydrogen (secondary N) is 1. The first-order chi connectivity index (χ1) is 9.56. The molecule has 1 aliphatic heterocycles. The van der Waals surface area contributed by atoms with E-state index in [1.807, 2.05) is 36.4 Å². The van der Waals surface area contributed by atoms with Gasteiger partial charge in [0, 0.05) is 22.8 Å². The minimum Gasteiger partial charge on any atom is -0.366 e. The third-order valence-electron chi connectivity index (χ3n) is 3.45. The summed E-state index contributed by atoms with van der Waals surface area (Å²) in [5.41, 5.74) is 9.95. The van der Waals surface area contributed by atoms with Crippen molar-refractivity contribution < 1.29 is 4.79 Å². The molecule has 0 fully saturated rings. The van der Waals surface area contributed by atoms with E-state index in [2.05, 4.69) is 19.2 Å². The van der Waals surface area contributed by atoms with Crippen LogP contribution in [0.4, 0.5) is 5.69 Å². The molecule has 102 valence electrons. The van der Waals surface area contributed by atoms with Crippen LogP contribution in [0.1, 0.15) is 19.4 Å². The Labute approximate surface area is 118 Å². The van der Waals surface area contributed by atoms with Gasteiger partial charge in [0.2, 0.25) is 5.91 Å². The summed E-state index contributed by atoms with van der Waals surface area (Å²) >= 11 is 0. The molecule has 0 radical (unpaired) electrons. The Morgan fingerprint density at radius 1 is 1.35 bits per heavy atom. The van der Waals surface area contributed by atoms with E-state index < -0.39 is 5.91 Å². The first kappa shape index (κ1) is 12.8. The van der Waals surface area contributed by atoms with Crippen molar-refractivity contribution in [2.24, 2.45) is 10.7 Å². The van der Waals surface area contributed by atoms with Gasteiger partial charge in [-0.15, -0.1) is 0 Å². The Hall–Kier alpha value is -2.20. The Morgan fingerprint density at radius 3 is 2.80 bits per heavy atom. The molecule has 4 heteroatoms. The zero-order valence-corrected chi connectivity index (χ0v) is 11.6. The average Bonchev–Trinajstić information content (AvgIpc) is 2.77. The third kappa shape index (κ3) is 2.08. The number of nitrogens with zero attached hydrogens (tertiary/aromatic N) is 1. The Kier molecular flexibility index (Phi) is 3.03. The van der Waals surface area contributed by atoms with Crippen LogP contribution in [0.25, 0.3) is 5.57 Å². The average molecular weight is 267 g/mol. The molecule has 0 saturated heterocycles. The lowest BCUT2D eigenvalue weighted by molar-refractivity contribution is -0.114. The fourth-order valence-electron chi connectivity index (χ4n) is 2.62. The Morgan fingerprint density at radius 2 is 2.10 bits per heavy atom. The van der Waals surface area contributed by atoms with E-state index >= 15 is 0 Å². The van der Waals surface area contributed by atoms with Crippen LogP contribution in [-0.4, -0.2) is 23.7 Å². The molecular weight excluding hydrogens is 250 g/mol. The minimum atomic E-state index is -0.406. The van der Waals surface area contributed by atoms with Gasteiger partial charge in [-0.1, -0.05) is 18.2 Å². The van der Waals surface area contributed by atoms with Gasteiger partial charge >= 0.3 is 0 Å². The summed E-state index contributed by atoms with van der Waals surface area (Å²) < 4.78 is 0. The second kappa shape index (κ2) is 4.72. The van der Waals surface area contributed by atoms with Crippen molar-refractivity contribution in [1.29, 1.82) is 0 Å². The first-order valence-electron chi connectivity index (χ1n) is 6.74. The highest BCUT2D eigenvalue weighted by atomic mass is 16.1. The van der Waals surface area contributed by atoms with E-state index in [0.717, 1.165) is 22.5 Å². The van der Waals surface area contributed by atoms with Crippen molar-refractivity contribution in [1.82, 2.24) is 5.32 Å². The van der Waals surface area contributed by atoms with Crippen molar-refractivity contribution in [2.45, 2.75) is 25.9 Å².